The lowest BCUT2D eigenvalue weighted by Crippen LogP contribution is -2.03. The predicted molar refractivity (Wildman–Crippen MR) is 74.8 cm³/mol. The topological polar surface area (TPSA) is 54.4 Å². The van der Waals surface area contributed by atoms with Gasteiger partial charge in [0.15, 0.2) is 9.84 Å². The van der Waals surface area contributed by atoms with Crippen LogP contribution in [0.3, 0.4) is 0 Å². The zero-order valence-electron chi connectivity index (χ0n) is 11.2. The molecule has 0 saturated heterocycles. The Labute approximate surface area is 117 Å². The van der Waals surface area contributed by atoms with Gasteiger partial charge in [-0.25, -0.2) is 12.8 Å². The summed E-state index contributed by atoms with van der Waals surface area (Å²) in [7, 11) is -3.25. The molecule has 2 aromatic rings. The number of hydrogen-bond acceptors (Lipinski definition) is 3. The second kappa shape index (κ2) is 5.34. The Balaban J connectivity index is 2.36. The van der Waals surface area contributed by atoms with Gasteiger partial charge < -0.3 is 5.11 Å². The van der Waals surface area contributed by atoms with E-state index in [-0.39, 0.29) is 10.7 Å². The average Bonchev–Trinajstić information content (AvgIpc) is 2.37. The highest BCUT2D eigenvalue weighted by molar-refractivity contribution is 7.90. The van der Waals surface area contributed by atoms with Gasteiger partial charge in [-0.3, -0.25) is 0 Å². The monoisotopic (exact) mass is 294 g/mol. The summed E-state index contributed by atoms with van der Waals surface area (Å²) >= 11 is 0. The standard InChI is InChI=1S/C15H15FO3S/c1-10-9-12(16)5-8-14(10)15(17)11-3-6-13(7-4-11)20(2,18)19/h3-9,15,17H,1-2H3. The molecule has 0 aliphatic rings. The molecule has 20 heavy (non-hydrogen) atoms. The minimum absolute atomic E-state index is 0.198. The van der Waals surface area contributed by atoms with Crippen LogP contribution in [0.15, 0.2) is 47.4 Å². The third kappa shape index (κ3) is 3.05. The van der Waals surface area contributed by atoms with Crippen LogP contribution in [0.4, 0.5) is 4.39 Å². The molecule has 0 aromatic heterocycles. The number of rotatable bonds is 3. The Morgan fingerprint density at radius 2 is 1.70 bits per heavy atom. The van der Waals surface area contributed by atoms with Crippen LogP contribution in [0.2, 0.25) is 0 Å². The SMILES string of the molecule is Cc1cc(F)ccc1C(O)c1ccc(S(C)(=O)=O)cc1. The van der Waals surface area contributed by atoms with Gasteiger partial charge in [0.1, 0.15) is 11.9 Å². The van der Waals surface area contributed by atoms with Crippen molar-refractivity contribution >= 4 is 9.84 Å². The molecule has 0 amide bonds. The fourth-order valence-electron chi connectivity index (χ4n) is 2.02. The number of aryl methyl sites for hydroxylation is 1. The van der Waals surface area contributed by atoms with E-state index < -0.39 is 15.9 Å². The van der Waals surface area contributed by atoms with E-state index in [4.69, 9.17) is 0 Å². The lowest BCUT2D eigenvalue weighted by Gasteiger charge is -2.14. The number of aliphatic hydroxyl groups is 1. The molecule has 0 spiro atoms. The van der Waals surface area contributed by atoms with Gasteiger partial charge >= 0.3 is 0 Å². The molecule has 3 nitrogen and oxygen atoms in total. The first-order chi connectivity index (χ1) is 9.29. The second-order valence-corrected chi connectivity index (χ2v) is 6.76. The van der Waals surface area contributed by atoms with E-state index >= 15 is 0 Å². The molecule has 1 unspecified atom stereocenters. The van der Waals surface area contributed by atoms with Crippen molar-refractivity contribution in [3.8, 4) is 0 Å². The van der Waals surface area contributed by atoms with Gasteiger partial charge in [0.25, 0.3) is 0 Å². The molecule has 1 N–H and O–H groups in total. The minimum atomic E-state index is -3.25. The van der Waals surface area contributed by atoms with E-state index in [1.54, 1.807) is 19.1 Å². The van der Waals surface area contributed by atoms with Crippen molar-refractivity contribution in [3.05, 3.63) is 65.0 Å². The van der Waals surface area contributed by atoms with Crippen molar-refractivity contribution in [2.45, 2.75) is 17.9 Å². The molecule has 0 saturated carbocycles. The highest BCUT2D eigenvalue weighted by Gasteiger charge is 2.14. The Hall–Kier alpha value is -1.72. The van der Waals surface area contributed by atoms with Crippen molar-refractivity contribution < 1.29 is 17.9 Å². The summed E-state index contributed by atoms with van der Waals surface area (Å²) in [6.45, 7) is 1.71. The molecule has 0 aliphatic carbocycles. The third-order valence-electron chi connectivity index (χ3n) is 3.15. The van der Waals surface area contributed by atoms with Crippen LogP contribution in [-0.2, 0) is 9.84 Å². The zero-order valence-corrected chi connectivity index (χ0v) is 12.0. The van der Waals surface area contributed by atoms with Gasteiger partial charge in [-0.05, 0) is 47.9 Å². The van der Waals surface area contributed by atoms with Gasteiger partial charge in [0.05, 0.1) is 4.90 Å². The molecule has 0 fully saturated rings. The van der Waals surface area contributed by atoms with E-state index in [1.807, 2.05) is 0 Å². The smallest absolute Gasteiger partial charge is 0.175 e. The molecule has 2 rings (SSSR count). The molecular weight excluding hydrogens is 279 g/mol. The molecule has 0 heterocycles. The van der Waals surface area contributed by atoms with E-state index in [0.717, 1.165) is 6.26 Å². The first kappa shape index (κ1) is 14.7. The molecule has 2 aromatic carbocycles. The molecule has 0 bridgehead atoms. The summed E-state index contributed by atoms with van der Waals surface area (Å²) in [5.74, 6) is -0.356. The molecule has 0 radical (unpaired) electrons. The molecule has 0 aliphatic heterocycles. The van der Waals surface area contributed by atoms with Gasteiger partial charge in [0, 0.05) is 6.26 Å². The maximum atomic E-state index is 13.0. The summed E-state index contributed by atoms with van der Waals surface area (Å²) in [4.78, 5) is 0.198. The van der Waals surface area contributed by atoms with Crippen molar-refractivity contribution in [3.63, 3.8) is 0 Å². The number of halogens is 1. The quantitative estimate of drug-likeness (QED) is 0.946. The number of aliphatic hydroxyl groups excluding tert-OH is 1. The van der Waals surface area contributed by atoms with Crippen molar-refractivity contribution in [2.24, 2.45) is 0 Å². The Bertz CT molecular complexity index is 721. The van der Waals surface area contributed by atoms with Gasteiger partial charge in [0.2, 0.25) is 0 Å². The third-order valence-corrected chi connectivity index (χ3v) is 4.28. The number of hydrogen-bond donors (Lipinski definition) is 1. The maximum absolute atomic E-state index is 13.0. The molecule has 5 heteroatoms. The van der Waals surface area contributed by atoms with Crippen molar-refractivity contribution in [2.75, 3.05) is 6.26 Å². The maximum Gasteiger partial charge on any atom is 0.175 e. The lowest BCUT2D eigenvalue weighted by atomic mass is 9.97. The highest BCUT2D eigenvalue weighted by Crippen LogP contribution is 2.26. The summed E-state index contributed by atoms with van der Waals surface area (Å²) in [6, 6.07) is 10.2. The van der Waals surface area contributed by atoms with Gasteiger partial charge in [-0.15, -0.1) is 0 Å². The van der Waals surface area contributed by atoms with Crippen LogP contribution in [0, 0.1) is 12.7 Å². The zero-order chi connectivity index (χ0) is 14.9. The van der Waals surface area contributed by atoms with Gasteiger partial charge in [-0.2, -0.15) is 0 Å². The first-order valence-corrected chi connectivity index (χ1v) is 7.92. The minimum Gasteiger partial charge on any atom is -0.384 e. The fourth-order valence-corrected chi connectivity index (χ4v) is 2.65. The van der Waals surface area contributed by atoms with Crippen LogP contribution >= 0.6 is 0 Å². The normalized spacial score (nSPS) is 13.2. The van der Waals surface area contributed by atoms with E-state index in [9.17, 15) is 17.9 Å². The predicted octanol–water partition coefficient (Wildman–Crippen LogP) is 2.62. The Morgan fingerprint density at radius 3 is 2.20 bits per heavy atom. The van der Waals surface area contributed by atoms with E-state index in [1.165, 1.54) is 30.3 Å². The largest absolute Gasteiger partial charge is 0.384 e. The van der Waals surface area contributed by atoms with Crippen molar-refractivity contribution in [1.82, 2.24) is 0 Å². The van der Waals surface area contributed by atoms with Crippen LogP contribution in [0.25, 0.3) is 0 Å². The molecule has 1 atom stereocenters. The van der Waals surface area contributed by atoms with Crippen LogP contribution in [0.1, 0.15) is 22.8 Å². The van der Waals surface area contributed by atoms with Crippen LogP contribution in [-0.4, -0.2) is 19.8 Å². The lowest BCUT2D eigenvalue weighted by molar-refractivity contribution is 0.219. The first-order valence-electron chi connectivity index (χ1n) is 6.03. The van der Waals surface area contributed by atoms with Gasteiger partial charge in [-0.1, -0.05) is 18.2 Å². The fraction of sp³-hybridized carbons (Fsp3) is 0.200. The van der Waals surface area contributed by atoms with Crippen LogP contribution < -0.4 is 0 Å². The van der Waals surface area contributed by atoms with E-state index in [2.05, 4.69) is 0 Å². The Morgan fingerprint density at radius 1 is 1.10 bits per heavy atom. The van der Waals surface area contributed by atoms with Crippen LogP contribution in [0.5, 0.6) is 0 Å². The Kier molecular flexibility index (Phi) is 3.92. The summed E-state index contributed by atoms with van der Waals surface area (Å²) in [5, 5.41) is 10.3. The average molecular weight is 294 g/mol. The second-order valence-electron chi connectivity index (χ2n) is 4.74. The number of sulfone groups is 1. The van der Waals surface area contributed by atoms with Crippen molar-refractivity contribution in [1.29, 1.82) is 0 Å². The molecular formula is C15H15FO3S. The highest BCUT2D eigenvalue weighted by atomic mass is 32.2. The molecule has 106 valence electrons. The summed E-state index contributed by atoms with van der Waals surface area (Å²) < 4.78 is 35.8. The van der Waals surface area contributed by atoms with E-state index in [0.29, 0.717) is 16.7 Å². The number of benzene rings is 2. The summed E-state index contributed by atoms with van der Waals surface area (Å²) in [6.07, 6.45) is 0.215. The summed E-state index contributed by atoms with van der Waals surface area (Å²) in [5.41, 5.74) is 1.80.